The van der Waals surface area contributed by atoms with E-state index in [-0.39, 0.29) is 6.54 Å². The smallest absolute Gasteiger partial charge is 0.327 e. The lowest BCUT2D eigenvalue weighted by Crippen LogP contribution is -2.30. The number of carboxylic acids is 1. The summed E-state index contributed by atoms with van der Waals surface area (Å²) in [5.74, 6) is -0.599. The van der Waals surface area contributed by atoms with Crippen molar-refractivity contribution in [2.24, 2.45) is 0 Å². The maximum Gasteiger partial charge on any atom is 0.327 e. The highest BCUT2D eigenvalue weighted by Gasteiger charge is 2.20. The van der Waals surface area contributed by atoms with Gasteiger partial charge in [0.1, 0.15) is 0 Å². The van der Waals surface area contributed by atoms with Crippen LogP contribution in [0.2, 0.25) is 0 Å². The Labute approximate surface area is 166 Å². The number of aromatic nitrogens is 5. The Balaban J connectivity index is 1.45. The summed E-state index contributed by atoms with van der Waals surface area (Å²) in [4.78, 5) is 21.9. The largest absolute Gasteiger partial charge is 0.480 e. The Morgan fingerprint density at radius 2 is 1.96 bits per heavy atom. The molecule has 1 aliphatic rings. The molecule has 4 rings (SSSR count). The number of anilines is 2. The number of rotatable bonds is 5. The van der Waals surface area contributed by atoms with Crippen LogP contribution in [-0.2, 0) is 11.3 Å². The van der Waals surface area contributed by atoms with Crippen molar-refractivity contribution < 1.29 is 9.90 Å². The van der Waals surface area contributed by atoms with E-state index in [2.05, 4.69) is 61.4 Å². The molecule has 3 aromatic rings. The van der Waals surface area contributed by atoms with Gasteiger partial charge < -0.3 is 14.9 Å². The maximum atomic E-state index is 10.8. The quantitative estimate of drug-likeness (QED) is 0.694. The molecule has 0 radical (unpaired) electrons. The third-order valence-electron chi connectivity index (χ3n) is 4.67. The van der Waals surface area contributed by atoms with Gasteiger partial charge in [-0.05, 0) is 30.2 Å². The standard InChI is InChI=1S/C18H21N7O2S/c1-13-5-2-3-6-14(13)23-7-4-8-24(10-9-23)18-19-11-15(28-18)17-20-22-25(21-17)12-16(26)27/h2-3,5-6,11H,4,7-10,12H2,1H3,(H,26,27). The molecule has 0 unspecified atom stereocenters. The van der Waals surface area contributed by atoms with Crippen molar-refractivity contribution >= 4 is 28.1 Å². The first kappa shape index (κ1) is 18.4. The first-order chi connectivity index (χ1) is 13.6. The Hall–Kier alpha value is -3.01. The number of aryl methyl sites for hydroxylation is 1. The van der Waals surface area contributed by atoms with Crippen LogP contribution >= 0.6 is 11.3 Å². The molecule has 9 nitrogen and oxygen atoms in total. The predicted molar refractivity (Wildman–Crippen MR) is 107 cm³/mol. The molecular formula is C18H21N7O2S. The molecule has 2 aromatic heterocycles. The van der Waals surface area contributed by atoms with Crippen LogP contribution in [0.5, 0.6) is 0 Å². The van der Waals surface area contributed by atoms with Crippen LogP contribution in [0.4, 0.5) is 10.8 Å². The van der Waals surface area contributed by atoms with Crippen molar-refractivity contribution in [1.29, 1.82) is 0 Å². The second-order valence-corrected chi connectivity index (χ2v) is 7.67. The lowest BCUT2D eigenvalue weighted by atomic mass is 10.2. The SMILES string of the molecule is Cc1ccccc1N1CCCN(c2ncc(-c3nnn(CC(=O)O)n3)s2)CC1. The van der Waals surface area contributed by atoms with Crippen LogP contribution < -0.4 is 9.80 Å². The van der Waals surface area contributed by atoms with E-state index in [1.807, 2.05) is 0 Å². The van der Waals surface area contributed by atoms with E-state index >= 15 is 0 Å². The molecule has 0 aliphatic carbocycles. The van der Waals surface area contributed by atoms with Crippen molar-refractivity contribution in [3.63, 3.8) is 0 Å². The summed E-state index contributed by atoms with van der Waals surface area (Å²) in [6.45, 7) is 5.63. The minimum Gasteiger partial charge on any atom is -0.480 e. The molecule has 1 saturated heterocycles. The van der Waals surface area contributed by atoms with E-state index in [1.165, 1.54) is 22.6 Å². The second kappa shape index (κ2) is 7.93. The summed E-state index contributed by atoms with van der Waals surface area (Å²) in [6.07, 6.45) is 2.78. The summed E-state index contributed by atoms with van der Waals surface area (Å²) in [5, 5.41) is 21.6. The van der Waals surface area contributed by atoms with Crippen molar-refractivity contribution in [2.75, 3.05) is 36.0 Å². The van der Waals surface area contributed by atoms with E-state index in [0.717, 1.165) is 47.4 Å². The molecule has 1 fully saturated rings. The molecule has 0 saturated carbocycles. The summed E-state index contributed by atoms with van der Waals surface area (Å²) < 4.78 is 0. The number of nitrogens with zero attached hydrogens (tertiary/aromatic N) is 7. The first-order valence-electron chi connectivity index (χ1n) is 9.11. The second-order valence-electron chi connectivity index (χ2n) is 6.66. The van der Waals surface area contributed by atoms with E-state index in [9.17, 15) is 4.79 Å². The van der Waals surface area contributed by atoms with Gasteiger partial charge >= 0.3 is 5.97 Å². The van der Waals surface area contributed by atoms with Gasteiger partial charge in [-0.15, -0.1) is 10.2 Å². The van der Waals surface area contributed by atoms with Gasteiger partial charge in [0.05, 0.1) is 11.1 Å². The topological polar surface area (TPSA) is 100 Å². The highest BCUT2D eigenvalue weighted by molar-refractivity contribution is 7.18. The van der Waals surface area contributed by atoms with Crippen LogP contribution in [-0.4, -0.2) is 62.4 Å². The molecule has 1 aliphatic heterocycles. The Morgan fingerprint density at radius 3 is 2.79 bits per heavy atom. The van der Waals surface area contributed by atoms with Crippen molar-refractivity contribution in [1.82, 2.24) is 25.2 Å². The number of aliphatic carboxylic acids is 1. The van der Waals surface area contributed by atoms with E-state index in [4.69, 9.17) is 5.11 Å². The molecule has 0 amide bonds. The van der Waals surface area contributed by atoms with Crippen molar-refractivity contribution in [3.8, 4) is 10.7 Å². The van der Waals surface area contributed by atoms with Crippen molar-refractivity contribution in [2.45, 2.75) is 19.9 Å². The maximum absolute atomic E-state index is 10.8. The van der Waals surface area contributed by atoms with Gasteiger partial charge in [0.15, 0.2) is 11.7 Å². The van der Waals surface area contributed by atoms with Gasteiger partial charge in [0.2, 0.25) is 5.82 Å². The molecule has 0 atom stereocenters. The summed E-state index contributed by atoms with van der Waals surface area (Å²) in [5.41, 5.74) is 2.59. The number of carbonyl (C=O) groups is 1. The fraction of sp³-hybridized carbons (Fsp3) is 0.389. The average molecular weight is 399 g/mol. The lowest BCUT2D eigenvalue weighted by Gasteiger charge is -2.25. The van der Waals surface area contributed by atoms with Gasteiger partial charge in [-0.25, -0.2) is 4.98 Å². The van der Waals surface area contributed by atoms with E-state index < -0.39 is 5.97 Å². The van der Waals surface area contributed by atoms with Gasteiger partial charge in [0, 0.05) is 31.9 Å². The average Bonchev–Trinajstić information content (AvgIpc) is 3.26. The molecule has 28 heavy (non-hydrogen) atoms. The molecular weight excluding hydrogens is 378 g/mol. The van der Waals surface area contributed by atoms with Gasteiger partial charge in [-0.1, -0.05) is 29.5 Å². The first-order valence-corrected chi connectivity index (χ1v) is 9.93. The summed E-state index contributed by atoms with van der Waals surface area (Å²) in [7, 11) is 0. The van der Waals surface area contributed by atoms with Crippen LogP contribution in [0.3, 0.4) is 0 Å². The predicted octanol–water partition coefficient (Wildman–Crippen LogP) is 1.91. The molecule has 0 spiro atoms. The highest BCUT2D eigenvalue weighted by Crippen LogP contribution is 2.30. The van der Waals surface area contributed by atoms with E-state index in [0.29, 0.717) is 5.82 Å². The number of benzene rings is 1. The normalized spacial score (nSPS) is 14.9. The fourth-order valence-electron chi connectivity index (χ4n) is 3.31. The zero-order valence-electron chi connectivity index (χ0n) is 15.5. The molecule has 1 N–H and O–H groups in total. The summed E-state index contributed by atoms with van der Waals surface area (Å²) >= 11 is 1.50. The van der Waals surface area contributed by atoms with E-state index in [1.54, 1.807) is 6.20 Å². The number of carboxylic acid groups (broad SMARTS) is 1. The van der Waals surface area contributed by atoms with Crippen LogP contribution in [0.25, 0.3) is 10.7 Å². The minimum atomic E-state index is -1.00. The monoisotopic (exact) mass is 399 g/mol. The number of hydrogen-bond acceptors (Lipinski definition) is 8. The Morgan fingerprint density at radius 1 is 1.18 bits per heavy atom. The van der Waals surface area contributed by atoms with Gasteiger partial charge in [-0.3, -0.25) is 4.79 Å². The third kappa shape index (κ3) is 3.96. The fourth-order valence-corrected chi connectivity index (χ4v) is 4.20. The summed E-state index contributed by atoms with van der Waals surface area (Å²) in [6, 6.07) is 8.48. The van der Waals surface area contributed by atoms with Crippen LogP contribution in [0.1, 0.15) is 12.0 Å². The Kier molecular flexibility index (Phi) is 5.20. The zero-order valence-corrected chi connectivity index (χ0v) is 16.3. The third-order valence-corrected chi connectivity index (χ3v) is 5.72. The molecule has 146 valence electrons. The lowest BCUT2D eigenvalue weighted by molar-refractivity contribution is -0.138. The zero-order chi connectivity index (χ0) is 19.5. The molecule has 3 heterocycles. The molecule has 0 bridgehead atoms. The minimum absolute atomic E-state index is 0.306. The Bertz CT molecular complexity index is 970. The molecule has 1 aromatic carbocycles. The van der Waals surface area contributed by atoms with Gasteiger partial charge in [-0.2, -0.15) is 4.80 Å². The number of para-hydroxylation sites is 1. The highest BCUT2D eigenvalue weighted by atomic mass is 32.1. The van der Waals surface area contributed by atoms with Crippen molar-refractivity contribution in [3.05, 3.63) is 36.0 Å². The van der Waals surface area contributed by atoms with Crippen LogP contribution in [0.15, 0.2) is 30.5 Å². The number of thiazole rings is 1. The number of tetrazole rings is 1. The van der Waals surface area contributed by atoms with Crippen LogP contribution in [0, 0.1) is 6.92 Å². The van der Waals surface area contributed by atoms with Gasteiger partial charge in [0.25, 0.3) is 0 Å². The molecule has 10 heteroatoms. The number of hydrogen-bond donors (Lipinski definition) is 1.